The fourth-order valence-corrected chi connectivity index (χ4v) is 5.55. The van der Waals surface area contributed by atoms with Gasteiger partial charge in [0, 0.05) is 27.8 Å². The van der Waals surface area contributed by atoms with Crippen LogP contribution in [0.4, 0.5) is 10.9 Å². The van der Waals surface area contributed by atoms with Crippen molar-refractivity contribution in [3.05, 3.63) is 34.5 Å². The molecule has 0 aromatic carbocycles. The van der Waals surface area contributed by atoms with E-state index in [1.165, 1.54) is 17.1 Å². The van der Waals surface area contributed by atoms with Crippen LogP contribution < -0.4 is 4.90 Å². The fourth-order valence-electron chi connectivity index (χ4n) is 4.14. The summed E-state index contributed by atoms with van der Waals surface area (Å²) in [5, 5.41) is 21.1. The van der Waals surface area contributed by atoms with Crippen LogP contribution in [-0.4, -0.2) is 32.4 Å². The van der Waals surface area contributed by atoms with Gasteiger partial charge in [0.05, 0.1) is 11.3 Å². The number of carbonyl (C=O) groups is 1. The van der Waals surface area contributed by atoms with Crippen molar-refractivity contribution in [2.24, 2.45) is 5.92 Å². The summed E-state index contributed by atoms with van der Waals surface area (Å²) in [7, 11) is 0. The SMILES string of the molecule is CC1(C)CCC(C)(C)c2sc(N(c3ccc(C(=O)O)cn3)C(O)C3CCC3)nc21. The Balaban J connectivity index is 1.80. The Kier molecular flexibility index (Phi) is 4.94. The summed E-state index contributed by atoms with van der Waals surface area (Å²) in [6.07, 6.45) is 5.89. The topological polar surface area (TPSA) is 86.6 Å². The molecule has 0 bridgehead atoms. The molecule has 2 aliphatic carbocycles. The zero-order valence-corrected chi connectivity index (χ0v) is 18.3. The zero-order chi connectivity index (χ0) is 21.0. The van der Waals surface area contributed by atoms with E-state index < -0.39 is 12.2 Å². The van der Waals surface area contributed by atoms with Gasteiger partial charge in [0.15, 0.2) is 5.13 Å². The number of pyridine rings is 1. The lowest BCUT2D eigenvalue weighted by Gasteiger charge is -2.37. The fraction of sp³-hybridized carbons (Fsp3) is 0.591. The Morgan fingerprint density at radius 1 is 1.21 bits per heavy atom. The summed E-state index contributed by atoms with van der Waals surface area (Å²) in [6.45, 7) is 8.99. The van der Waals surface area contributed by atoms with Crippen molar-refractivity contribution in [2.75, 3.05) is 4.90 Å². The maximum absolute atomic E-state index is 11.2. The van der Waals surface area contributed by atoms with Gasteiger partial charge in [-0.1, -0.05) is 34.1 Å². The first-order valence-corrected chi connectivity index (χ1v) is 11.1. The van der Waals surface area contributed by atoms with Gasteiger partial charge in [-0.05, 0) is 37.8 Å². The molecule has 0 aliphatic heterocycles. The number of aromatic carboxylic acids is 1. The molecule has 0 radical (unpaired) electrons. The number of nitrogens with zero attached hydrogens (tertiary/aromatic N) is 3. The number of aliphatic hydroxyl groups excluding tert-OH is 1. The number of carboxylic acid groups (broad SMARTS) is 1. The van der Waals surface area contributed by atoms with Gasteiger partial charge in [-0.2, -0.15) is 0 Å². The van der Waals surface area contributed by atoms with Gasteiger partial charge in [-0.3, -0.25) is 4.90 Å². The van der Waals surface area contributed by atoms with E-state index in [9.17, 15) is 15.0 Å². The summed E-state index contributed by atoms with van der Waals surface area (Å²) in [5.41, 5.74) is 1.29. The molecule has 2 heterocycles. The Morgan fingerprint density at radius 3 is 2.41 bits per heavy atom. The van der Waals surface area contributed by atoms with E-state index in [1.807, 2.05) is 4.90 Å². The second kappa shape index (κ2) is 7.06. The van der Waals surface area contributed by atoms with Gasteiger partial charge >= 0.3 is 5.97 Å². The zero-order valence-electron chi connectivity index (χ0n) is 17.5. The molecule has 0 amide bonds. The second-order valence-corrected chi connectivity index (χ2v) is 10.6. The van der Waals surface area contributed by atoms with Crippen LogP contribution in [0.25, 0.3) is 0 Å². The number of aliphatic hydroxyl groups is 1. The molecule has 2 N–H and O–H groups in total. The number of aromatic nitrogens is 2. The summed E-state index contributed by atoms with van der Waals surface area (Å²) in [5.74, 6) is -0.294. The Morgan fingerprint density at radius 2 is 1.90 bits per heavy atom. The Hall–Kier alpha value is -1.99. The smallest absolute Gasteiger partial charge is 0.337 e. The highest BCUT2D eigenvalue weighted by molar-refractivity contribution is 7.16. The molecule has 6 nitrogen and oxygen atoms in total. The number of anilines is 2. The van der Waals surface area contributed by atoms with Gasteiger partial charge in [0.2, 0.25) is 0 Å². The van der Waals surface area contributed by atoms with Gasteiger partial charge in [-0.15, -0.1) is 11.3 Å². The van der Waals surface area contributed by atoms with Crippen molar-refractivity contribution in [1.82, 2.24) is 9.97 Å². The van der Waals surface area contributed by atoms with Crippen LogP contribution in [0.3, 0.4) is 0 Å². The lowest BCUT2D eigenvalue weighted by molar-refractivity contribution is 0.0673. The van der Waals surface area contributed by atoms with Crippen molar-refractivity contribution >= 4 is 28.3 Å². The molecule has 1 atom stereocenters. The van der Waals surface area contributed by atoms with Gasteiger partial charge in [-0.25, -0.2) is 14.8 Å². The quantitative estimate of drug-likeness (QED) is 0.680. The monoisotopic (exact) mass is 415 g/mol. The number of hydrogen-bond acceptors (Lipinski definition) is 6. The van der Waals surface area contributed by atoms with Crippen molar-refractivity contribution in [3.8, 4) is 0 Å². The van der Waals surface area contributed by atoms with Crippen molar-refractivity contribution in [2.45, 2.75) is 76.9 Å². The molecule has 2 aliphatic rings. The third-order valence-electron chi connectivity index (χ3n) is 6.53. The van der Waals surface area contributed by atoms with Crippen LogP contribution in [-0.2, 0) is 10.8 Å². The van der Waals surface area contributed by atoms with E-state index in [2.05, 4.69) is 32.7 Å². The lowest BCUT2D eigenvalue weighted by atomic mass is 9.69. The molecule has 0 spiro atoms. The molecule has 2 aromatic heterocycles. The van der Waals surface area contributed by atoms with E-state index in [-0.39, 0.29) is 22.3 Å². The molecule has 1 fully saturated rings. The largest absolute Gasteiger partial charge is 0.478 e. The molecule has 7 heteroatoms. The minimum absolute atomic E-state index is 0.00666. The number of rotatable bonds is 5. The van der Waals surface area contributed by atoms with Crippen LogP contribution in [0, 0.1) is 5.92 Å². The third-order valence-corrected chi connectivity index (χ3v) is 7.95. The first-order valence-electron chi connectivity index (χ1n) is 10.3. The summed E-state index contributed by atoms with van der Waals surface area (Å²) >= 11 is 1.64. The number of fused-ring (bicyclic) bond motifs is 1. The summed E-state index contributed by atoms with van der Waals surface area (Å²) in [4.78, 5) is 23.7. The molecule has 1 saturated carbocycles. The van der Waals surface area contributed by atoms with Crippen molar-refractivity contribution in [3.63, 3.8) is 0 Å². The highest BCUT2D eigenvalue weighted by atomic mass is 32.1. The molecule has 4 rings (SSSR count). The first-order chi connectivity index (χ1) is 13.6. The number of hydrogen-bond donors (Lipinski definition) is 2. The van der Waals surface area contributed by atoms with E-state index in [1.54, 1.807) is 17.4 Å². The highest BCUT2D eigenvalue weighted by Gasteiger charge is 2.42. The number of thiazole rings is 1. The molecular formula is C22H29N3O3S. The van der Waals surface area contributed by atoms with Gasteiger partial charge < -0.3 is 10.2 Å². The molecular weight excluding hydrogens is 386 g/mol. The van der Waals surface area contributed by atoms with Crippen LogP contribution >= 0.6 is 11.3 Å². The molecule has 156 valence electrons. The highest BCUT2D eigenvalue weighted by Crippen LogP contribution is 2.50. The van der Waals surface area contributed by atoms with E-state index in [0.29, 0.717) is 5.82 Å². The minimum atomic E-state index is -1.01. The number of carboxylic acids is 1. The maximum Gasteiger partial charge on any atom is 0.337 e. The van der Waals surface area contributed by atoms with Crippen LogP contribution in [0.2, 0.25) is 0 Å². The average molecular weight is 416 g/mol. The van der Waals surface area contributed by atoms with Crippen LogP contribution in [0.15, 0.2) is 18.3 Å². The first kappa shape index (κ1) is 20.3. The molecule has 2 aromatic rings. The second-order valence-electron chi connectivity index (χ2n) is 9.63. The predicted molar refractivity (Wildman–Crippen MR) is 114 cm³/mol. The lowest BCUT2D eigenvalue weighted by Crippen LogP contribution is -2.41. The summed E-state index contributed by atoms with van der Waals surface area (Å²) < 4.78 is 0. The van der Waals surface area contributed by atoms with Crippen LogP contribution in [0.5, 0.6) is 0 Å². The summed E-state index contributed by atoms with van der Waals surface area (Å²) in [6, 6.07) is 3.20. The van der Waals surface area contributed by atoms with E-state index in [4.69, 9.17) is 4.98 Å². The van der Waals surface area contributed by atoms with E-state index >= 15 is 0 Å². The normalized spacial score (nSPS) is 21.1. The Labute approximate surface area is 175 Å². The van der Waals surface area contributed by atoms with Crippen molar-refractivity contribution in [1.29, 1.82) is 0 Å². The van der Waals surface area contributed by atoms with Gasteiger partial charge in [0.1, 0.15) is 12.0 Å². The third kappa shape index (κ3) is 3.55. The molecule has 1 unspecified atom stereocenters. The van der Waals surface area contributed by atoms with E-state index in [0.717, 1.165) is 42.9 Å². The standard InChI is InChI=1S/C22H29N3O3S/c1-21(2)10-11-22(3,4)17-16(21)24-20(29-17)25(18(26)13-6-5-7-13)15-9-8-14(12-23-15)19(27)28/h8-9,12-13,18,26H,5-7,10-11H2,1-4H3,(H,27,28). The average Bonchev–Trinajstić information content (AvgIpc) is 3.06. The maximum atomic E-state index is 11.2. The van der Waals surface area contributed by atoms with Crippen molar-refractivity contribution < 1.29 is 15.0 Å². The predicted octanol–water partition coefficient (Wildman–Crippen LogP) is 4.84. The van der Waals surface area contributed by atoms with Crippen LogP contribution in [0.1, 0.15) is 80.7 Å². The van der Waals surface area contributed by atoms with Gasteiger partial charge in [0.25, 0.3) is 0 Å². The molecule has 0 saturated heterocycles. The Bertz CT molecular complexity index is 882. The molecule has 29 heavy (non-hydrogen) atoms. The minimum Gasteiger partial charge on any atom is -0.478 e.